The highest BCUT2D eigenvalue weighted by Gasteiger charge is 1.98. The van der Waals surface area contributed by atoms with Gasteiger partial charge in [0.25, 0.3) is 0 Å². The predicted molar refractivity (Wildman–Crippen MR) is 45.3 cm³/mol. The van der Waals surface area contributed by atoms with Gasteiger partial charge in [-0.05, 0) is 5.57 Å². The Labute approximate surface area is 64.7 Å². The van der Waals surface area contributed by atoms with Gasteiger partial charge < -0.3 is 9.55 Å². The van der Waals surface area contributed by atoms with Crippen molar-refractivity contribution in [1.82, 2.24) is 9.55 Å². The molecule has 0 saturated carbocycles. The van der Waals surface area contributed by atoms with Crippen LogP contribution in [0.2, 0.25) is 0 Å². The summed E-state index contributed by atoms with van der Waals surface area (Å²) in [5.41, 5.74) is 1.30. The van der Waals surface area contributed by atoms with Gasteiger partial charge in [-0.3, -0.25) is 0 Å². The average molecular weight is 150 g/mol. The van der Waals surface area contributed by atoms with E-state index in [0.29, 0.717) is 5.69 Å². The highest BCUT2D eigenvalue weighted by molar-refractivity contribution is 5.68. The molecule has 0 unspecified atom stereocenters. The standard InChI is InChI=1S/C8H10N2O/c1-4-6(2)7-5-10(3)8(11)9-7/h4-5H,1-2H2,3H3,(H,9,11). The molecule has 0 aliphatic rings. The minimum atomic E-state index is -0.136. The van der Waals surface area contributed by atoms with Crippen molar-refractivity contribution in [3.63, 3.8) is 0 Å². The van der Waals surface area contributed by atoms with Gasteiger partial charge in [0.15, 0.2) is 0 Å². The molecule has 1 aromatic heterocycles. The maximum atomic E-state index is 10.9. The van der Waals surface area contributed by atoms with Crippen LogP contribution in [0.4, 0.5) is 0 Å². The normalized spacial score (nSPS) is 9.55. The van der Waals surface area contributed by atoms with Crippen LogP contribution in [0.3, 0.4) is 0 Å². The van der Waals surface area contributed by atoms with Crippen LogP contribution in [0.15, 0.2) is 30.2 Å². The Morgan fingerprint density at radius 2 is 2.45 bits per heavy atom. The molecular weight excluding hydrogens is 140 g/mol. The summed E-state index contributed by atoms with van der Waals surface area (Å²) in [7, 11) is 1.68. The predicted octanol–water partition coefficient (Wildman–Crippen LogP) is 0.913. The van der Waals surface area contributed by atoms with Gasteiger partial charge in [0.1, 0.15) is 0 Å². The van der Waals surface area contributed by atoms with Crippen LogP contribution in [0, 0.1) is 0 Å². The molecule has 0 aromatic carbocycles. The van der Waals surface area contributed by atoms with Crippen molar-refractivity contribution in [2.75, 3.05) is 0 Å². The average Bonchev–Trinajstić information content (AvgIpc) is 2.31. The van der Waals surface area contributed by atoms with Crippen LogP contribution in [-0.2, 0) is 7.05 Å². The van der Waals surface area contributed by atoms with Gasteiger partial charge in [-0.15, -0.1) is 0 Å². The Bertz CT molecular complexity index is 343. The lowest BCUT2D eigenvalue weighted by atomic mass is 10.2. The minimum absolute atomic E-state index is 0.136. The molecular formula is C8H10N2O. The van der Waals surface area contributed by atoms with Crippen molar-refractivity contribution in [2.45, 2.75) is 0 Å². The fraction of sp³-hybridized carbons (Fsp3) is 0.125. The van der Waals surface area contributed by atoms with Gasteiger partial charge in [-0.25, -0.2) is 4.79 Å². The molecule has 3 heteroatoms. The molecule has 0 radical (unpaired) electrons. The molecule has 0 fully saturated rings. The summed E-state index contributed by atoms with van der Waals surface area (Å²) in [5.74, 6) is 0. The number of rotatable bonds is 2. The number of hydrogen-bond acceptors (Lipinski definition) is 1. The second-order valence-electron chi connectivity index (χ2n) is 2.31. The molecule has 0 amide bonds. The number of aromatic amines is 1. The molecule has 1 N–H and O–H groups in total. The van der Waals surface area contributed by atoms with Gasteiger partial charge >= 0.3 is 5.69 Å². The number of nitrogens with one attached hydrogen (secondary N) is 1. The Balaban J connectivity index is 3.17. The third-order valence-electron chi connectivity index (χ3n) is 1.48. The molecule has 3 nitrogen and oxygen atoms in total. The van der Waals surface area contributed by atoms with E-state index in [0.717, 1.165) is 5.57 Å². The van der Waals surface area contributed by atoms with Gasteiger partial charge in [-0.1, -0.05) is 19.2 Å². The smallest absolute Gasteiger partial charge is 0.306 e. The van der Waals surface area contributed by atoms with Gasteiger partial charge in [0, 0.05) is 13.2 Å². The number of H-pyrrole nitrogens is 1. The summed E-state index contributed by atoms with van der Waals surface area (Å²) in [6, 6.07) is 0. The summed E-state index contributed by atoms with van der Waals surface area (Å²) in [4.78, 5) is 13.5. The van der Waals surface area contributed by atoms with E-state index in [2.05, 4.69) is 18.1 Å². The van der Waals surface area contributed by atoms with E-state index in [-0.39, 0.29) is 5.69 Å². The maximum absolute atomic E-state index is 10.9. The highest BCUT2D eigenvalue weighted by atomic mass is 16.1. The Hall–Kier alpha value is -1.51. The van der Waals surface area contributed by atoms with Crippen molar-refractivity contribution in [2.24, 2.45) is 7.05 Å². The topological polar surface area (TPSA) is 37.8 Å². The van der Waals surface area contributed by atoms with Crippen molar-refractivity contribution in [3.8, 4) is 0 Å². The van der Waals surface area contributed by atoms with Crippen LogP contribution in [0.25, 0.3) is 5.57 Å². The van der Waals surface area contributed by atoms with E-state index < -0.39 is 0 Å². The van der Waals surface area contributed by atoms with E-state index >= 15 is 0 Å². The summed E-state index contributed by atoms with van der Waals surface area (Å²) in [6.07, 6.45) is 3.29. The second kappa shape index (κ2) is 2.62. The van der Waals surface area contributed by atoms with Crippen molar-refractivity contribution >= 4 is 5.57 Å². The zero-order valence-electron chi connectivity index (χ0n) is 6.42. The number of aromatic nitrogens is 2. The molecule has 0 aliphatic heterocycles. The fourth-order valence-electron chi connectivity index (χ4n) is 0.761. The molecule has 11 heavy (non-hydrogen) atoms. The summed E-state index contributed by atoms with van der Waals surface area (Å²) in [6.45, 7) is 7.24. The molecule has 1 aromatic rings. The molecule has 1 rings (SSSR count). The monoisotopic (exact) mass is 150 g/mol. The zero-order valence-corrected chi connectivity index (χ0v) is 6.42. The molecule has 0 atom stereocenters. The summed E-state index contributed by atoms with van der Waals surface area (Å²) < 4.78 is 1.46. The fourth-order valence-corrected chi connectivity index (χ4v) is 0.761. The summed E-state index contributed by atoms with van der Waals surface area (Å²) in [5, 5.41) is 0. The molecule has 58 valence electrons. The van der Waals surface area contributed by atoms with Gasteiger partial charge in [-0.2, -0.15) is 0 Å². The van der Waals surface area contributed by atoms with E-state index in [1.165, 1.54) is 4.57 Å². The largest absolute Gasteiger partial charge is 0.325 e. The van der Waals surface area contributed by atoms with Crippen LogP contribution in [-0.4, -0.2) is 9.55 Å². The Kier molecular flexibility index (Phi) is 1.81. The van der Waals surface area contributed by atoms with Gasteiger partial charge in [0.2, 0.25) is 0 Å². The highest BCUT2D eigenvalue weighted by Crippen LogP contribution is 2.06. The zero-order chi connectivity index (χ0) is 8.43. The minimum Gasteiger partial charge on any atom is -0.306 e. The van der Waals surface area contributed by atoms with Crippen LogP contribution in [0.5, 0.6) is 0 Å². The van der Waals surface area contributed by atoms with Crippen LogP contribution >= 0.6 is 0 Å². The van der Waals surface area contributed by atoms with E-state index in [1.54, 1.807) is 19.3 Å². The van der Waals surface area contributed by atoms with Crippen molar-refractivity contribution in [1.29, 1.82) is 0 Å². The third-order valence-corrected chi connectivity index (χ3v) is 1.48. The SMILES string of the molecule is C=CC(=C)c1cn(C)c(=O)[nH]1. The van der Waals surface area contributed by atoms with E-state index in [1.807, 2.05) is 0 Å². The lowest BCUT2D eigenvalue weighted by Crippen LogP contribution is -2.11. The van der Waals surface area contributed by atoms with Crippen molar-refractivity contribution in [3.05, 3.63) is 41.6 Å². The van der Waals surface area contributed by atoms with E-state index in [9.17, 15) is 4.79 Å². The third kappa shape index (κ3) is 1.32. The molecule has 1 heterocycles. The second-order valence-corrected chi connectivity index (χ2v) is 2.31. The number of nitrogens with zero attached hydrogens (tertiary/aromatic N) is 1. The van der Waals surface area contributed by atoms with E-state index in [4.69, 9.17) is 0 Å². The van der Waals surface area contributed by atoms with Crippen LogP contribution < -0.4 is 5.69 Å². The first-order chi connectivity index (χ1) is 5.15. The number of aryl methyl sites for hydroxylation is 1. The molecule has 0 aliphatic carbocycles. The first-order valence-corrected chi connectivity index (χ1v) is 3.22. The first kappa shape index (κ1) is 7.60. The number of allylic oxidation sites excluding steroid dienone is 2. The maximum Gasteiger partial charge on any atom is 0.325 e. The van der Waals surface area contributed by atoms with Gasteiger partial charge in [0.05, 0.1) is 5.69 Å². The number of hydrogen-bond donors (Lipinski definition) is 1. The van der Waals surface area contributed by atoms with Crippen molar-refractivity contribution < 1.29 is 0 Å². The summed E-state index contributed by atoms with van der Waals surface area (Å²) >= 11 is 0. The lowest BCUT2D eigenvalue weighted by molar-refractivity contribution is 0.862. The quantitative estimate of drug-likeness (QED) is 0.625. The first-order valence-electron chi connectivity index (χ1n) is 3.22. The van der Waals surface area contributed by atoms with Crippen LogP contribution in [0.1, 0.15) is 5.69 Å². The molecule has 0 spiro atoms. The molecule has 0 saturated heterocycles. The Morgan fingerprint density at radius 3 is 2.82 bits per heavy atom. The Morgan fingerprint density at radius 1 is 1.82 bits per heavy atom. The lowest BCUT2D eigenvalue weighted by Gasteiger charge is -1.90. The number of imidazole rings is 1. The molecule has 0 bridgehead atoms.